The Hall–Kier alpha value is -1.61. The van der Waals surface area contributed by atoms with Gasteiger partial charge in [0.25, 0.3) is 0 Å². The van der Waals surface area contributed by atoms with Gasteiger partial charge in [0.2, 0.25) is 0 Å². The topological polar surface area (TPSA) is 29.9 Å². The van der Waals surface area contributed by atoms with E-state index in [-0.39, 0.29) is 0 Å². The summed E-state index contributed by atoms with van der Waals surface area (Å²) in [5.74, 6) is 0. The lowest BCUT2D eigenvalue weighted by atomic mass is 9.96. The minimum atomic E-state index is 0.318. The maximum Gasteiger partial charge on any atom is 0.0954 e. The van der Waals surface area contributed by atoms with Crippen molar-refractivity contribution >= 4 is 0 Å². The Balaban J connectivity index is 2.38. The predicted octanol–water partition coefficient (Wildman–Crippen LogP) is 3.80. The Bertz CT molecular complexity index is 530. The number of rotatable bonds is 6. The molecule has 1 aromatic heterocycles. The molecular weight excluding hydrogens is 246 g/mol. The largest absolute Gasteiger partial charge is 0.330 e. The first-order chi connectivity index (χ1) is 9.69. The fourth-order valence-corrected chi connectivity index (χ4v) is 2.80. The lowest BCUT2D eigenvalue weighted by Gasteiger charge is -2.29. The quantitative estimate of drug-likeness (QED) is 0.866. The molecule has 1 aromatic carbocycles. The van der Waals surface area contributed by atoms with E-state index in [1.165, 1.54) is 11.3 Å². The summed E-state index contributed by atoms with van der Waals surface area (Å²) in [5, 5.41) is 3.64. The summed E-state index contributed by atoms with van der Waals surface area (Å²) >= 11 is 0. The van der Waals surface area contributed by atoms with Gasteiger partial charge in [-0.2, -0.15) is 0 Å². The van der Waals surface area contributed by atoms with Crippen molar-refractivity contribution < 1.29 is 0 Å². The fraction of sp³-hybridized carbons (Fsp3) is 0.471. The van der Waals surface area contributed by atoms with Crippen LogP contribution < -0.4 is 5.32 Å². The fourth-order valence-electron chi connectivity index (χ4n) is 2.80. The summed E-state index contributed by atoms with van der Waals surface area (Å²) in [6.07, 6.45) is 3.05. The van der Waals surface area contributed by atoms with Gasteiger partial charge in [-0.25, -0.2) is 4.98 Å². The molecule has 3 heteroatoms. The van der Waals surface area contributed by atoms with Crippen LogP contribution in [0.25, 0.3) is 0 Å². The van der Waals surface area contributed by atoms with Crippen LogP contribution in [-0.2, 0) is 0 Å². The lowest BCUT2D eigenvalue weighted by Crippen LogP contribution is -2.30. The van der Waals surface area contributed by atoms with Gasteiger partial charge in [-0.1, -0.05) is 44.2 Å². The first-order valence-electron chi connectivity index (χ1n) is 7.47. The third-order valence-corrected chi connectivity index (χ3v) is 4.03. The molecule has 0 amide bonds. The average Bonchev–Trinajstić information content (AvgIpc) is 2.80. The number of aryl methyl sites for hydroxylation is 1. The summed E-state index contributed by atoms with van der Waals surface area (Å²) in [4.78, 5) is 4.46. The lowest BCUT2D eigenvalue weighted by molar-refractivity contribution is 0.346. The van der Waals surface area contributed by atoms with E-state index in [1.807, 2.05) is 6.33 Å². The summed E-state index contributed by atoms with van der Waals surface area (Å²) < 4.78 is 2.32. The molecule has 2 rings (SSSR count). The molecule has 0 aliphatic rings. The van der Waals surface area contributed by atoms with Crippen molar-refractivity contribution in [3.8, 4) is 0 Å². The monoisotopic (exact) mass is 271 g/mol. The van der Waals surface area contributed by atoms with Gasteiger partial charge in [-0.05, 0) is 32.4 Å². The van der Waals surface area contributed by atoms with E-state index < -0.39 is 0 Å². The molecule has 1 N–H and O–H groups in total. The molecule has 2 unspecified atom stereocenters. The van der Waals surface area contributed by atoms with Crippen LogP contribution in [0.1, 0.15) is 49.3 Å². The number of likely N-dealkylation sites (N-methyl/N-ethyl adjacent to an activating group) is 1. The molecule has 0 fully saturated rings. The highest BCUT2D eigenvalue weighted by Gasteiger charge is 2.23. The smallest absolute Gasteiger partial charge is 0.0954 e. The van der Waals surface area contributed by atoms with E-state index in [4.69, 9.17) is 0 Å². The van der Waals surface area contributed by atoms with Crippen LogP contribution in [0, 0.1) is 13.8 Å². The summed E-state index contributed by atoms with van der Waals surface area (Å²) in [7, 11) is 0. The molecule has 0 saturated heterocycles. The van der Waals surface area contributed by atoms with Crippen molar-refractivity contribution in [3.63, 3.8) is 0 Å². The third kappa shape index (κ3) is 2.93. The van der Waals surface area contributed by atoms with Crippen molar-refractivity contribution in [2.75, 3.05) is 6.54 Å². The van der Waals surface area contributed by atoms with E-state index in [2.05, 4.69) is 72.9 Å². The number of aromatic nitrogens is 2. The zero-order valence-electron chi connectivity index (χ0n) is 12.9. The number of nitrogens with one attached hydrogen (secondary N) is 1. The predicted molar refractivity (Wildman–Crippen MR) is 83.9 cm³/mol. The van der Waals surface area contributed by atoms with Gasteiger partial charge in [0.15, 0.2) is 0 Å². The highest BCUT2D eigenvalue weighted by atomic mass is 15.1. The second-order valence-corrected chi connectivity index (χ2v) is 5.24. The molecule has 1 heterocycles. The van der Waals surface area contributed by atoms with Crippen molar-refractivity contribution in [2.45, 2.75) is 46.2 Å². The third-order valence-electron chi connectivity index (χ3n) is 4.03. The van der Waals surface area contributed by atoms with E-state index in [0.717, 1.165) is 18.7 Å². The normalized spacial score (nSPS) is 14.2. The molecule has 2 atom stereocenters. The van der Waals surface area contributed by atoms with Crippen LogP contribution in [0.5, 0.6) is 0 Å². The first kappa shape index (κ1) is 14.8. The minimum Gasteiger partial charge on any atom is -0.330 e. The average molecular weight is 271 g/mol. The molecule has 3 nitrogen and oxygen atoms in total. The van der Waals surface area contributed by atoms with Crippen molar-refractivity contribution in [1.29, 1.82) is 0 Å². The van der Waals surface area contributed by atoms with Gasteiger partial charge >= 0.3 is 0 Å². The van der Waals surface area contributed by atoms with Gasteiger partial charge in [0.1, 0.15) is 0 Å². The molecule has 108 valence electrons. The first-order valence-corrected chi connectivity index (χ1v) is 7.47. The van der Waals surface area contributed by atoms with E-state index >= 15 is 0 Å². The molecule has 2 aromatic rings. The van der Waals surface area contributed by atoms with Crippen LogP contribution >= 0.6 is 0 Å². The van der Waals surface area contributed by atoms with Crippen LogP contribution in [-0.4, -0.2) is 16.1 Å². The highest BCUT2D eigenvalue weighted by molar-refractivity contribution is 5.21. The maximum absolute atomic E-state index is 4.46. The van der Waals surface area contributed by atoms with Crippen molar-refractivity contribution in [2.24, 2.45) is 0 Å². The van der Waals surface area contributed by atoms with Crippen LogP contribution in [0.4, 0.5) is 0 Å². The maximum atomic E-state index is 4.46. The van der Waals surface area contributed by atoms with Gasteiger partial charge in [0.05, 0.1) is 24.1 Å². The number of nitrogens with zero attached hydrogens (tertiary/aromatic N) is 2. The SMILES string of the molecule is CCNC(c1ccccc1)C(CC)n1cnc(C)c1C. The summed E-state index contributed by atoms with van der Waals surface area (Å²) in [5.41, 5.74) is 3.72. The molecule has 0 bridgehead atoms. The van der Waals surface area contributed by atoms with Gasteiger partial charge < -0.3 is 9.88 Å². The van der Waals surface area contributed by atoms with Gasteiger partial charge in [-0.15, -0.1) is 0 Å². The number of imidazole rings is 1. The van der Waals surface area contributed by atoms with Crippen LogP contribution in [0.2, 0.25) is 0 Å². The Morgan fingerprint density at radius 2 is 1.85 bits per heavy atom. The van der Waals surface area contributed by atoms with E-state index in [9.17, 15) is 0 Å². The zero-order valence-corrected chi connectivity index (χ0v) is 12.9. The number of hydrogen-bond donors (Lipinski definition) is 1. The Kier molecular flexibility index (Phi) is 4.96. The van der Waals surface area contributed by atoms with Crippen molar-refractivity contribution in [3.05, 3.63) is 53.6 Å². The standard InChI is InChI=1S/C17H25N3/c1-5-16(20-12-19-13(3)14(20)4)17(18-6-2)15-10-8-7-9-11-15/h7-12,16-18H,5-6H2,1-4H3. The molecular formula is C17H25N3. The van der Waals surface area contributed by atoms with Crippen molar-refractivity contribution in [1.82, 2.24) is 14.9 Å². The second-order valence-electron chi connectivity index (χ2n) is 5.24. The Labute approximate surface area is 122 Å². The second kappa shape index (κ2) is 6.71. The Morgan fingerprint density at radius 3 is 2.35 bits per heavy atom. The van der Waals surface area contributed by atoms with Crippen LogP contribution in [0.3, 0.4) is 0 Å². The number of benzene rings is 1. The number of hydrogen-bond acceptors (Lipinski definition) is 2. The van der Waals surface area contributed by atoms with E-state index in [0.29, 0.717) is 12.1 Å². The minimum absolute atomic E-state index is 0.318. The highest BCUT2D eigenvalue weighted by Crippen LogP contribution is 2.30. The molecule has 0 radical (unpaired) electrons. The Morgan fingerprint density at radius 1 is 1.15 bits per heavy atom. The molecule has 0 aliphatic carbocycles. The zero-order chi connectivity index (χ0) is 14.5. The molecule has 0 saturated carbocycles. The van der Waals surface area contributed by atoms with Gasteiger partial charge in [0, 0.05) is 5.69 Å². The van der Waals surface area contributed by atoms with Crippen LogP contribution in [0.15, 0.2) is 36.7 Å². The van der Waals surface area contributed by atoms with E-state index in [1.54, 1.807) is 0 Å². The van der Waals surface area contributed by atoms with Gasteiger partial charge in [-0.3, -0.25) is 0 Å². The molecule has 0 spiro atoms. The molecule has 20 heavy (non-hydrogen) atoms. The summed E-state index contributed by atoms with van der Waals surface area (Å²) in [6, 6.07) is 11.4. The molecule has 0 aliphatic heterocycles. The summed E-state index contributed by atoms with van der Waals surface area (Å²) in [6.45, 7) is 9.59.